The van der Waals surface area contributed by atoms with Crippen LogP contribution in [-0.2, 0) is 13.1 Å². The summed E-state index contributed by atoms with van der Waals surface area (Å²) in [7, 11) is 1.79. The third kappa shape index (κ3) is 7.09. The SMILES string of the molecule is CN=C(NCc1cccc(C(=O)NC(C)(C)C)c1)NC1CC(C)N(Cc2ccccc2)C1. The van der Waals surface area contributed by atoms with Gasteiger partial charge in [-0.05, 0) is 57.4 Å². The summed E-state index contributed by atoms with van der Waals surface area (Å²) in [6.07, 6.45) is 1.08. The molecule has 1 aliphatic rings. The van der Waals surface area contributed by atoms with Crippen LogP contribution in [0.5, 0.6) is 0 Å². The van der Waals surface area contributed by atoms with Crippen LogP contribution in [0.4, 0.5) is 0 Å². The zero-order chi connectivity index (χ0) is 23.1. The van der Waals surface area contributed by atoms with Gasteiger partial charge in [0.2, 0.25) is 0 Å². The molecule has 0 saturated carbocycles. The molecular weight excluding hydrogens is 398 g/mol. The van der Waals surface area contributed by atoms with Gasteiger partial charge in [-0.25, -0.2) is 0 Å². The molecule has 2 unspecified atom stereocenters. The van der Waals surface area contributed by atoms with Crippen LogP contribution in [-0.4, -0.2) is 48.0 Å². The number of benzene rings is 2. The Kier molecular flexibility index (Phi) is 7.91. The third-order valence-electron chi connectivity index (χ3n) is 5.63. The molecule has 1 aliphatic heterocycles. The fourth-order valence-electron chi connectivity index (χ4n) is 4.05. The van der Waals surface area contributed by atoms with E-state index < -0.39 is 0 Å². The Morgan fingerprint density at radius 2 is 1.81 bits per heavy atom. The molecule has 0 spiro atoms. The molecule has 3 rings (SSSR count). The molecule has 1 heterocycles. The van der Waals surface area contributed by atoms with E-state index in [0.29, 0.717) is 24.2 Å². The highest BCUT2D eigenvalue weighted by atomic mass is 16.1. The Labute approximate surface area is 192 Å². The summed E-state index contributed by atoms with van der Waals surface area (Å²) in [5, 5.41) is 9.98. The summed E-state index contributed by atoms with van der Waals surface area (Å²) in [4.78, 5) is 19.4. The van der Waals surface area contributed by atoms with E-state index in [0.717, 1.165) is 31.0 Å². The van der Waals surface area contributed by atoms with Gasteiger partial charge >= 0.3 is 0 Å². The Bertz CT molecular complexity index is 919. The maximum atomic E-state index is 12.5. The number of rotatable bonds is 6. The molecule has 172 valence electrons. The van der Waals surface area contributed by atoms with Gasteiger partial charge in [0.25, 0.3) is 5.91 Å². The first-order valence-corrected chi connectivity index (χ1v) is 11.4. The first-order chi connectivity index (χ1) is 15.2. The molecule has 0 bridgehead atoms. The normalized spacial score (nSPS) is 19.6. The lowest BCUT2D eigenvalue weighted by molar-refractivity contribution is 0.0919. The molecule has 0 aromatic heterocycles. The molecule has 2 atom stereocenters. The lowest BCUT2D eigenvalue weighted by atomic mass is 10.1. The van der Waals surface area contributed by atoms with Crippen LogP contribution in [0.15, 0.2) is 59.6 Å². The minimum absolute atomic E-state index is 0.0553. The smallest absolute Gasteiger partial charge is 0.251 e. The van der Waals surface area contributed by atoms with Crippen LogP contribution in [0.3, 0.4) is 0 Å². The summed E-state index contributed by atoms with van der Waals surface area (Å²) in [5.74, 6) is 0.730. The first-order valence-electron chi connectivity index (χ1n) is 11.4. The first kappa shape index (κ1) is 23.8. The quantitative estimate of drug-likeness (QED) is 0.480. The Balaban J connectivity index is 1.52. The molecule has 6 nitrogen and oxygen atoms in total. The zero-order valence-corrected chi connectivity index (χ0v) is 20.0. The van der Waals surface area contributed by atoms with Crippen LogP contribution < -0.4 is 16.0 Å². The van der Waals surface area contributed by atoms with Gasteiger partial charge in [-0.15, -0.1) is 0 Å². The van der Waals surface area contributed by atoms with Gasteiger partial charge in [0, 0.05) is 49.9 Å². The van der Waals surface area contributed by atoms with Crippen molar-refractivity contribution in [2.75, 3.05) is 13.6 Å². The Morgan fingerprint density at radius 1 is 1.09 bits per heavy atom. The number of hydrogen-bond acceptors (Lipinski definition) is 3. The molecule has 1 fully saturated rings. The number of aliphatic imine (C=N–C) groups is 1. The van der Waals surface area contributed by atoms with Crippen molar-refractivity contribution in [3.8, 4) is 0 Å². The van der Waals surface area contributed by atoms with Crippen molar-refractivity contribution in [2.45, 2.75) is 64.8 Å². The average molecular weight is 436 g/mol. The fourth-order valence-corrected chi connectivity index (χ4v) is 4.05. The van der Waals surface area contributed by atoms with Gasteiger partial charge in [0.1, 0.15) is 0 Å². The lowest BCUT2D eigenvalue weighted by Crippen LogP contribution is -2.44. The lowest BCUT2D eigenvalue weighted by Gasteiger charge is -2.21. The molecule has 3 N–H and O–H groups in total. The summed E-state index contributed by atoms with van der Waals surface area (Å²) in [6, 6.07) is 19.2. The van der Waals surface area contributed by atoms with Gasteiger partial charge in [-0.3, -0.25) is 14.7 Å². The van der Waals surface area contributed by atoms with E-state index in [2.05, 4.69) is 63.1 Å². The molecule has 1 amide bonds. The molecule has 32 heavy (non-hydrogen) atoms. The van der Waals surface area contributed by atoms with Crippen molar-refractivity contribution in [3.63, 3.8) is 0 Å². The minimum atomic E-state index is -0.260. The van der Waals surface area contributed by atoms with Crippen molar-refractivity contribution in [3.05, 3.63) is 71.3 Å². The van der Waals surface area contributed by atoms with E-state index in [9.17, 15) is 4.79 Å². The standard InChI is InChI=1S/C26H37N5O/c1-19-14-23(18-31(19)17-20-10-7-6-8-11-20)29-25(27-5)28-16-21-12-9-13-22(15-21)24(32)30-26(2,3)4/h6-13,15,19,23H,14,16-18H2,1-5H3,(H,30,32)(H2,27,28,29). The molecular formula is C26H37N5O. The van der Waals surface area contributed by atoms with Crippen molar-refractivity contribution in [1.29, 1.82) is 0 Å². The average Bonchev–Trinajstić information content (AvgIpc) is 3.09. The summed E-state index contributed by atoms with van der Waals surface area (Å²) < 4.78 is 0. The third-order valence-corrected chi connectivity index (χ3v) is 5.63. The van der Waals surface area contributed by atoms with Crippen LogP contribution >= 0.6 is 0 Å². The largest absolute Gasteiger partial charge is 0.352 e. The fraction of sp³-hybridized carbons (Fsp3) is 0.462. The molecule has 1 saturated heterocycles. The van der Waals surface area contributed by atoms with Crippen molar-refractivity contribution in [1.82, 2.24) is 20.9 Å². The number of amides is 1. The van der Waals surface area contributed by atoms with Gasteiger partial charge < -0.3 is 16.0 Å². The van der Waals surface area contributed by atoms with Crippen LogP contribution in [0.2, 0.25) is 0 Å². The topological polar surface area (TPSA) is 68.8 Å². The van der Waals surface area contributed by atoms with E-state index in [4.69, 9.17) is 0 Å². The predicted molar refractivity (Wildman–Crippen MR) is 132 cm³/mol. The maximum absolute atomic E-state index is 12.5. The summed E-state index contributed by atoms with van der Waals surface area (Å²) >= 11 is 0. The van der Waals surface area contributed by atoms with Gasteiger partial charge in [0.05, 0.1) is 0 Å². The van der Waals surface area contributed by atoms with Crippen molar-refractivity contribution >= 4 is 11.9 Å². The van der Waals surface area contributed by atoms with Gasteiger partial charge in [-0.1, -0.05) is 42.5 Å². The van der Waals surface area contributed by atoms with E-state index in [1.54, 1.807) is 7.05 Å². The highest BCUT2D eigenvalue weighted by Crippen LogP contribution is 2.20. The predicted octanol–water partition coefficient (Wildman–Crippen LogP) is 3.54. The monoisotopic (exact) mass is 435 g/mol. The van der Waals surface area contributed by atoms with Crippen LogP contribution in [0, 0.1) is 0 Å². The van der Waals surface area contributed by atoms with Crippen LogP contribution in [0.1, 0.15) is 55.6 Å². The van der Waals surface area contributed by atoms with E-state index in [-0.39, 0.29) is 11.4 Å². The van der Waals surface area contributed by atoms with E-state index in [1.165, 1.54) is 5.56 Å². The van der Waals surface area contributed by atoms with E-state index >= 15 is 0 Å². The highest BCUT2D eigenvalue weighted by molar-refractivity contribution is 5.94. The van der Waals surface area contributed by atoms with Crippen molar-refractivity contribution < 1.29 is 4.79 Å². The summed E-state index contributed by atoms with van der Waals surface area (Å²) in [5.41, 5.74) is 2.80. The van der Waals surface area contributed by atoms with Crippen LogP contribution in [0.25, 0.3) is 0 Å². The number of nitrogens with zero attached hydrogens (tertiary/aromatic N) is 2. The second kappa shape index (κ2) is 10.6. The zero-order valence-electron chi connectivity index (χ0n) is 20.0. The molecule has 6 heteroatoms. The summed E-state index contributed by atoms with van der Waals surface area (Å²) in [6.45, 7) is 10.8. The number of carbonyl (C=O) groups is 1. The molecule has 0 radical (unpaired) electrons. The minimum Gasteiger partial charge on any atom is -0.352 e. The van der Waals surface area contributed by atoms with Gasteiger partial charge in [0.15, 0.2) is 5.96 Å². The number of likely N-dealkylation sites (tertiary alicyclic amines) is 1. The number of carbonyl (C=O) groups excluding carboxylic acids is 1. The number of nitrogens with one attached hydrogen (secondary N) is 3. The van der Waals surface area contributed by atoms with E-state index in [1.807, 2.05) is 45.0 Å². The molecule has 2 aromatic carbocycles. The molecule has 2 aromatic rings. The second-order valence-electron chi connectivity index (χ2n) is 9.67. The highest BCUT2D eigenvalue weighted by Gasteiger charge is 2.29. The number of guanidine groups is 1. The van der Waals surface area contributed by atoms with Gasteiger partial charge in [-0.2, -0.15) is 0 Å². The molecule has 0 aliphatic carbocycles. The Morgan fingerprint density at radius 3 is 2.50 bits per heavy atom. The maximum Gasteiger partial charge on any atom is 0.251 e. The Hall–Kier alpha value is -2.86. The second-order valence-corrected chi connectivity index (χ2v) is 9.67. The van der Waals surface area contributed by atoms with Crippen molar-refractivity contribution in [2.24, 2.45) is 4.99 Å². The number of hydrogen-bond donors (Lipinski definition) is 3.